The first kappa shape index (κ1) is 24.0. The molecule has 0 unspecified atom stereocenters. The van der Waals surface area contributed by atoms with Gasteiger partial charge in [-0.1, -0.05) is 67.2 Å². The minimum absolute atomic E-state index is 0.0756. The van der Waals surface area contributed by atoms with Crippen molar-refractivity contribution in [3.63, 3.8) is 0 Å². The van der Waals surface area contributed by atoms with Crippen LogP contribution in [0.25, 0.3) is 0 Å². The lowest BCUT2D eigenvalue weighted by Crippen LogP contribution is -2.51. The van der Waals surface area contributed by atoms with Crippen molar-refractivity contribution in [1.29, 1.82) is 0 Å². The molecule has 1 fully saturated rings. The Labute approximate surface area is 198 Å². The van der Waals surface area contributed by atoms with Crippen LogP contribution in [0.1, 0.15) is 44.6 Å². The lowest BCUT2D eigenvalue weighted by molar-refractivity contribution is -0.139. The molecule has 166 valence electrons. The smallest absolute Gasteiger partial charge is 0.243 e. The van der Waals surface area contributed by atoms with Gasteiger partial charge in [0, 0.05) is 17.5 Å². The maximum absolute atomic E-state index is 13.3. The van der Waals surface area contributed by atoms with Crippen molar-refractivity contribution in [2.24, 2.45) is 0 Å². The first-order valence-electron chi connectivity index (χ1n) is 10.7. The number of rotatable bonds is 9. The summed E-state index contributed by atoms with van der Waals surface area (Å²) in [5.41, 5.74) is 0.847. The van der Waals surface area contributed by atoms with Crippen molar-refractivity contribution in [1.82, 2.24) is 10.2 Å². The van der Waals surface area contributed by atoms with Crippen LogP contribution < -0.4 is 5.32 Å². The van der Waals surface area contributed by atoms with Gasteiger partial charge in [0.05, 0.1) is 15.8 Å². The summed E-state index contributed by atoms with van der Waals surface area (Å²) in [6, 6.07) is 14.8. The molecule has 1 aliphatic rings. The summed E-state index contributed by atoms with van der Waals surface area (Å²) in [6.45, 7) is 2.25. The molecule has 0 radical (unpaired) electrons. The van der Waals surface area contributed by atoms with Gasteiger partial charge in [0.1, 0.15) is 6.04 Å². The molecule has 0 spiro atoms. The predicted molar refractivity (Wildman–Crippen MR) is 129 cm³/mol. The summed E-state index contributed by atoms with van der Waals surface area (Å²) < 4.78 is 0. The second-order valence-corrected chi connectivity index (χ2v) is 9.65. The van der Waals surface area contributed by atoms with E-state index in [4.69, 9.17) is 23.2 Å². The topological polar surface area (TPSA) is 49.4 Å². The number of hydrogen-bond donors (Lipinski definition) is 1. The Morgan fingerprint density at radius 1 is 1.10 bits per heavy atom. The van der Waals surface area contributed by atoms with Gasteiger partial charge in [0.2, 0.25) is 11.8 Å². The lowest BCUT2D eigenvalue weighted by atomic mass is 10.1. The van der Waals surface area contributed by atoms with E-state index in [2.05, 4.69) is 5.32 Å². The van der Waals surface area contributed by atoms with Gasteiger partial charge in [-0.3, -0.25) is 9.59 Å². The number of halogens is 2. The van der Waals surface area contributed by atoms with Gasteiger partial charge in [-0.15, -0.1) is 11.8 Å². The Morgan fingerprint density at radius 2 is 1.81 bits per heavy atom. The van der Waals surface area contributed by atoms with Gasteiger partial charge in [-0.2, -0.15) is 0 Å². The van der Waals surface area contributed by atoms with E-state index >= 15 is 0 Å². The fraction of sp³-hybridized carbons (Fsp3) is 0.417. The molecule has 1 aliphatic carbocycles. The molecular formula is C24H28Cl2N2O2S. The molecule has 31 heavy (non-hydrogen) atoms. The van der Waals surface area contributed by atoms with E-state index < -0.39 is 6.04 Å². The molecule has 2 aromatic rings. The monoisotopic (exact) mass is 478 g/mol. The maximum Gasteiger partial charge on any atom is 0.243 e. The average Bonchev–Trinajstić information content (AvgIpc) is 3.28. The fourth-order valence-electron chi connectivity index (χ4n) is 3.87. The average molecular weight is 479 g/mol. The zero-order chi connectivity index (χ0) is 22.2. The maximum atomic E-state index is 13.3. The number of benzene rings is 2. The third-order valence-corrected chi connectivity index (χ3v) is 7.27. The molecule has 0 bridgehead atoms. The van der Waals surface area contributed by atoms with Crippen LogP contribution in [-0.2, 0) is 16.1 Å². The first-order chi connectivity index (χ1) is 15.0. The van der Waals surface area contributed by atoms with E-state index in [1.54, 1.807) is 17.0 Å². The third kappa shape index (κ3) is 6.90. The fourth-order valence-corrected chi connectivity index (χ4v) is 4.99. The lowest BCUT2D eigenvalue weighted by Gasteiger charge is -2.31. The van der Waals surface area contributed by atoms with Crippen LogP contribution in [0, 0.1) is 0 Å². The molecule has 3 rings (SSSR count). The number of thioether (sulfide) groups is 1. The van der Waals surface area contributed by atoms with Crippen LogP contribution in [-0.4, -0.2) is 34.6 Å². The SMILES string of the molecule is CC[C@H](C(=O)NC1CCCC1)N(Cc1ccc(Cl)c(Cl)c1)C(=O)CSc1ccccc1. The molecule has 4 nitrogen and oxygen atoms in total. The second kappa shape index (κ2) is 11.8. The van der Waals surface area contributed by atoms with E-state index in [0.717, 1.165) is 36.1 Å². The van der Waals surface area contributed by atoms with Gasteiger partial charge in [0.15, 0.2) is 0 Å². The zero-order valence-electron chi connectivity index (χ0n) is 17.7. The number of hydrogen-bond acceptors (Lipinski definition) is 3. The standard InChI is InChI=1S/C24H28Cl2N2O2S/c1-2-22(24(30)27-18-8-6-7-9-18)28(15-17-12-13-20(25)21(26)14-17)23(29)16-31-19-10-4-3-5-11-19/h3-5,10-14,18,22H,2,6-9,15-16H2,1H3,(H,27,30)/t22-/m1/s1. The predicted octanol–water partition coefficient (Wildman–Crippen LogP) is 5.95. The highest BCUT2D eigenvalue weighted by Gasteiger charge is 2.30. The molecule has 0 aliphatic heterocycles. The molecule has 2 amide bonds. The van der Waals surface area contributed by atoms with Crippen LogP contribution in [0.5, 0.6) is 0 Å². The molecule has 1 N–H and O–H groups in total. The van der Waals surface area contributed by atoms with E-state index in [9.17, 15) is 9.59 Å². The molecule has 1 saturated carbocycles. The van der Waals surface area contributed by atoms with E-state index in [0.29, 0.717) is 23.0 Å². The normalized spacial score (nSPS) is 14.9. The minimum atomic E-state index is -0.529. The third-order valence-electron chi connectivity index (χ3n) is 5.53. The Balaban J connectivity index is 1.77. The van der Waals surface area contributed by atoms with Crippen molar-refractivity contribution in [2.45, 2.75) is 62.6 Å². The summed E-state index contributed by atoms with van der Waals surface area (Å²) in [4.78, 5) is 29.1. The highest BCUT2D eigenvalue weighted by atomic mass is 35.5. The first-order valence-corrected chi connectivity index (χ1v) is 12.4. The molecule has 2 aromatic carbocycles. The molecule has 1 atom stereocenters. The Morgan fingerprint density at radius 3 is 2.45 bits per heavy atom. The van der Waals surface area contributed by atoms with Crippen LogP contribution >= 0.6 is 35.0 Å². The Bertz CT molecular complexity index is 888. The van der Waals surface area contributed by atoms with Gasteiger partial charge in [-0.05, 0) is 49.1 Å². The van der Waals surface area contributed by atoms with Crippen molar-refractivity contribution >= 4 is 46.8 Å². The molecule has 0 heterocycles. The highest BCUT2D eigenvalue weighted by Crippen LogP contribution is 2.25. The molecule has 7 heteroatoms. The molecule has 0 aromatic heterocycles. The largest absolute Gasteiger partial charge is 0.352 e. The second-order valence-electron chi connectivity index (χ2n) is 7.79. The van der Waals surface area contributed by atoms with Crippen LogP contribution in [0.3, 0.4) is 0 Å². The zero-order valence-corrected chi connectivity index (χ0v) is 20.0. The van der Waals surface area contributed by atoms with Crippen molar-refractivity contribution in [3.05, 3.63) is 64.1 Å². The van der Waals surface area contributed by atoms with Crippen LogP contribution in [0.2, 0.25) is 10.0 Å². The quantitative estimate of drug-likeness (QED) is 0.452. The van der Waals surface area contributed by atoms with E-state index in [1.807, 2.05) is 43.3 Å². The summed E-state index contributed by atoms with van der Waals surface area (Å²) >= 11 is 13.7. The highest BCUT2D eigenvalue weighted by molar-refractivity contribution is 8.00. The number of nitrogens with zero attached hydrogens (tertiary/aromatic N) is 1. The molecular weight excluding hydrogens is 451 g/mol. The summed E-state index contributed by atoms with van der Waals surface area (Å²) in [7, 11) is 0. The van der Waals surface area contributed by atoms with E-state index in [1.165, 1.54) is 11.8 Å². The van der Waals surface area contributed by atoms with Gasteiger partial charge < -0.3 is 10.2 Å². The Hall–Kier alpha value is -1.69. The summed E-state index contributed by atoms with van der Waals surface area (Å²) in [5, 5.41) is 4.06. The Kier molecular flexibility index (Phi) is 9.12. The minimum Gasteiger partial charge on any atom is -0.352 e. The molecule has 0 saturated heterocycles. The number of carbonyl (C=O) groups is 2. The summed E-state index contributed by atoms with van der Waals surface area (Å²) in [6.07, 6.45) is 4.84. The van der Waals surface area contributed by atoms with Crippen LogP contribution in [0.15, 0.2) is 53.4 Å². The number of carbonyl (C=O) groups excluding carboxylic acids is 2. The van der Waals surface area contributed by atoms with Gasteiger partial charge in [0.25, 0.3) is 0 Å². The van der Waals surface area contributed by atoms with Crippen LogP contribution in [0.4, 0.5) is 0 Å². The number of amides is 2. The van der Waals surface area contributed by atoms with Gasteiger partial charge >= 0.3 is 0 Å². The summed E-state index contributed by atoms with van der Waals surface area (Å²) in [5.74, 6) is 0.110. The van der Waals surface area contributed by atoms with E-state index in [-0.39, 0.29) is 23.6 Å². The van der Waals surface area contributed by atoms with Crippen molar-refractivity contribution < 1.29 is 9.59 Å². The number of nitrogens with one attached hydrogen (secondary N) is 1. The van der Waals surface area contributed by atoms with Crippen molar-refractivity contribution in [3.8, 4) is 0 Å². The van der Waals surface area contributed by atoms with Gasteiger partial charge in [-0.25, -0.2) is 0 Å². The van der Waals surface area contributed by atoms with Crippen molar-refractivity contribution in [2.75, 3.05) is 5.75 Å².